The Morgan fingerprint density at radius 3 is 2.43 bits per heavy atom. The van der Waals surface area contributed by atoms with Crippen LogP contribution in [0, 0.1) is 0 Å². The maximum absolute atomic E-state index is 5.84. The molecule has 0 aromatic carbocycles. The van der Waals surface area contributed by atoms with Gasteiger partial charge in [-0.3, -0.25) is 4.68 Å². The lowest BCUT2D eigenvalue weighted by Crippen LogP contribution is -2.12. The molecule has 1 aromatic rings. The fourth-order valence-corrected chi connectivity index (χ4v) is 1.75. The molecule has 0 bridgehead atoms. The van der Waals surface area contributed by atoms with Crippen LogP contribution in [0.1, 0.15) is 44.5 Å². The Morgan fingerprint density at radius 2 is 2.07 bits per heavy atom. The minimum absolute atomic E-state index is 0.134. The molecule has 2 unspecified atom stereocenters. The average molecular weight is 193 g/mol. The molecule has 1 saturated carbocycles. The van der Waals surface area contributed by atoms with Crippen LogP contribution in [-0.4, -0.2) is 15.8 Å². The summed E-state index contributed by atoms with van der Waals surface area (Å²) in [5.41, 5.74) is 8.43. The molecule has 2 atom stereocenters. The Hall–Kier alpha value is -0.830. The van der Waals surface area contributed by atoms with Crippen molar-refractivity contribution in [3.63, 3.8) is 0 Å². The van der Waals surface area contributed by atoms with Crippen molar-refractivity contribution in [1.29, 1.82) is 0 Å². The summed E-state index contributed by atoms with van der Waals surface area (Å²) in [6, 6.07) is 2.57. The quantitative estimate of drug-likeness (QED) is 0.735. The molecule has 0 spiro atoms. The third-order valence-electron chi connectivity index (χ3n) is 2.90. The zero-order valence-electron chi connectivity index (χ0n) is 9.41. The van der Waals surface area contributed by atoms with Gasteiger partial charge in [0.15, 0.2) is 0 Å². The van der Waals surface area contributed by atoms with E-state index in [1.54, 1.807) is 0 Å². The summed E-state index contributed by atoms with van der Waals surface area (Å²) < 4.78 is 1.98. The molecule has 2 rings (SSSR count). The van der Waals surface area contributed by atoms with Gasteiger partial charge in [0.2, 0.25) is 0 Å². The molecule has 2 N–H and O–H groups in total. The highest BCUT2D eigenvalue weighted by molar-refractivity contribution is 5.26. The van der Waals surface area contributed by atoms with Crippen LogP contribution in [0.15, 0.2) is 6.07 Å². The van der Waals surface area contributed by atoms with E-state index in [9.17, 15) is 0 Å². The minimum Gasteiger partial charge on any atom is -0.327 e. The molecule has 0 radical (unpaired) electrons. The molecular weight excluding hydrogens is 174 g/mol. The second-order valence-electron chi connectivity index (χ2n) is 5.33. The molecule has 0 aliphatic heterocycles. The van der Waals surface area contributed by atoms with E-state index in [1.165, 1.54) is 5.69 Å². The zero-order chi connectivity index (χ0) is 10.5. The molecule has 3 heteroatoms. The summed E-state index contributed by atoms with van der Waals surface area (Å²) in [7, 11) is 2.01. The fourth-order valence-electron chi connectivity index (χ4n) is 1.75. The molecule has 1 aliphatic carbocycles. The second-order valence-corrected chi connectivity index (χ2v) is 5.33. The number of nitrogens with zero attached hydrogens (tertiary/aromatic N) is 2. The van der Waals surface area contributed by atoms with Crippen molar-refractivity contribution in [3.05, 3.63) is 17.5 Å². The van der Waals surface area contributed by atoms with Crippen LogP contribution < -0.4 is 5.73 Å². The number of nitrogens with two attached hydrogens (primary N) is 1. The summed E-state index contributed by atoms with van der Waals surface area (Å²) in [5.74, 6) is 0.545. The van der Waals surface area contributed by atoms with E-state index >= 15 is 0 Å². The van der Waals surface area contributed by atoms with E-state index in [-0.39, 0.29) is 5.41 Å². The van der Waals surface area contributed by atoms with Gasteiger partial charge in [0.1, 0.15) is 0 Å². The average Bonchev–Trinajstić information content (AvgIpc) is 2.58. The fraction of sp³-hybridized carbons (Fsp3) is 0.727. The van der Waals surface area contributed by atoms with Gasteiger partial charge >= 0.3 is 0 Å². The molecule has 0 saturated heterocycles. The lowest BCUT2D eigenvalue weighted by molar-refractivity contribution is 0.551. The van der Waals surface area contributed by atoms with Gasteiger partial charge in [-0.1, -0.05) is 20.8 Å². The van der Waals surface area contributed by atoms with Crippen LogP contribution >= 0.6 is 0 Å². The topological polar surface area (TPSA) is 43.8 Å². The Balaban J connectivity index is 2.31. The normalized spacial score (nSPS) is 26.6. The molecule has 1 heterocycles. The molecule has 1 fully saturated rings. The summed E-state index contributed by atoms with van der Waals surface area (Å²) >= 11 is 0. The van der Waals surface area contributed by atoms with Gasteiger partial charge in [-0.15, -0.1) is 0 Å². The van der Waals surface area contributed by atoms with E-state index in [2.05, 4.69) is 31.9 Å². The minimum atomic E-state index is 0.134. The number of rotatable bonds is 1. The van der Waals surface area contributed by atoms with Crippen molar-refractivity contribution in [2.24, 2.45) is 12.8 Å². The number of hydrogen-bond acceptors (Lipinski definition) is 2. The van der Waals surface area contributed by atoms with Crippen molar-refractivity contribution < 1.29 is 0 Å². The van der Waals surface area contributed by atoms with Gasteiger partial charge < -0.3 is 5.73 Å². The number of aromatic nitrogens is 2. The maximum atomic E-state index is 5.84. The van der Waals surface area contributed by atoms with Crippen molar-refractivity contribution in [1.82, 2.24) is 9.78 Å². The molecule has 1 aromatic heterocycles. The highest BCUT2D eigenvalue weighted by Crippen LogP contribution is 2.39. The number of aryl methyl sites for hydroxylation is 1. The molecule has 0 amide bonds. The maximum Gasteiger partial charge on any atom is 0.0680 e. The Labute approximate surface area is 85.3 Å². The van der Waals surface area contributed by atoms with E-state index in [4.69, 9.17) is 5.73 Å². The summed E-state index contributed by atoms with van der Waals surface area (Å²) in [4.78, 5) is 0. The monoisotopic (exact) mass is 193 g/mol. The Bertz CT molecular complexity index is 346. The molecule has 1 aliphatic rings. The lowest BCUT2D eigenvalue weighted by atomic mass is 9.92. The predicted octanol–water partition coefficient (Wildman–Crippen LogP) is 1.53. The first-order valence-corrected chi connectivity index (χ1v) is 5.19. The van der Waals surface area contributed by atoms with Gasteiger partial charge in [0, 0.05) is 30.1 Å². The molecule has 14 heavy (non-hydrogen) atoms. The van der Waals surface area contributed by atoms with Crippen LogP contribution in [-0.2, 0) is 12.5 Å². The van der Waals surface area contributed by atoms with E-state index in [0.717, 1.165) is 12.1 Å². The first-order chi connectivity index (χ1) is 6.39. The third-order valence-corrected chi connectivity index (χ3v) is 2.90. The summed E-state index contributed by atoms with van der Waals surface area (Å²) in [5, 5.41) is 4.54. The highest BCUT2D eigenvalue weighted by Gasteiger charge is 2.38. The van der Waals surface area contributed by atoms with Crippen LogP contribution in [0.4, 0.5) is 0 Å². The standard InChI is InChI=1S/C11H19N3/c1-11(2,3)10-6-9(14(4)13-10)7-5-8(7)12/h6-8H,5,12H2,1-4H3. The van der Waals surface area contributed by atoms with Crippen molar-refractivity contribution in [2.75, 3.05) is 0 Å². The Morgan fingerprint density at radius 1 is 1.50 bits per heavy atom. The van der Waals surface area contributed by atoms with E-state index < -0.39 is 0 Å². The molecule has 78 valence electrons. The zero-order valence-corrected chi connectivity index (χ0v) is 9.41. The largest absolute Gasteiger partial charge is 0.327 e. The number of hydrogen-bond donors (Lipinski definition) is 1. The highest BCUT2D eigenvalue weighted by atomic mass is 15.3. The molecular formula is C11H19N3. The van der Waals surface area contributed by atoms with Crippen LogP contribution in [0.5, 0.6) is 0 Å². The summed E-state index contributed by atoms with van der Waals surface area (Å²) in [6.07, 6.45) is 1.11. The third kappa shape index (κ3) is 1.57. The van der Waals surface area contributed by atoms with Crippen LogP contribution in [0.2, 0.25) is 0 Å². The molecule has 3 nitrogen and oxygen atoms in total. The SMILES string of the molecule is Cn1nc(C(C)(C)C)cc1C1CC1N. The van der Waals surface area contributed by atoms with Crippen molar-refractivity contribution in [2.45, 2.75) is 44.6 Å². The van der Waals surface area contributed by atoms with Gasteiger partial charge in [-0.2, -0.15) is 5.10 Å². The van der Waals surface area contributed by atoms with Gasteiger partial charge in [0.25, 0.3) is 0 Å². The summed E-state index contributed by atoms with van der Waals surface area (Å²) in [6.45, 7) is 6.56. The second kappa shape index (κ2) is 2.83. The Kier molecular flexibility index (Phi) is 1.96. The van der Waals surface area contributed by atoms with Gasteiger partial charge in [0.05, 0.1) is 5.69 Å². The first-order valence-electron chi connectivity index (χ1n) is 5.19. The smallest absolute Gasteiger partial charge is 0.0680 e. The van der Waals surface area contributed by atoms with Crippen LogP contribution in [0.25, 0.3) is 0 Å². The van der Waals surface area contributed by atoms with Crippen LogP contribution in [0.3, 0.4) is 0 Å². The van der Waals surface area contributed by atoms with E-state index in [0.29, 0.717) is 12.0 Å². The van der Waals surface area contributed by atoms with Crippen molar-refractivity contribution in [3.8, 4) is 0 Å². The van der Waals surface area contributed by atoms with E-state index in [1.807, 2.05) is 11.7 Å². The van der Waals surface area contributed by atoms with Gasteiger partial charge in [-0.05, 0) is 12.5 Å². The first kappa shape index (κ1) is 9.71. The van der Waals surface area contributed by atoms with Crippen molar-refractivity contribution >= 4 is 0 Å². The predicted molar refractivity (Wildman–Crippen MR) is 57.2 cm³/mol. The lowest BCUT2D eigenvalue weighted by Gasteiger charge is -2.13. The van der Waals surface area contributed by atoms with Gasteiger partial charge in [-0.25, -0.2) is 0 Å².